The smallest absolute Gasteiger partial charge is 0.225 e. The van der Waals surface area contributed by atoms with Gasteiger partial charge in [-0.25, -0.2) is 0 Å². The Hall–Kier alpha value is -1.77. The van der Waals surface area contributed by atoms with Crippen molar-refractivity contribution in [2.75, 3.05) is 5.73 Å². The number of hydrogen-bond donors (Lipinski definition) is 1. The number of nitrogens with two attached hydrogens (primary N) is 1. The van der Waals surface area contributed by atoms with Gasteiger partial charge in [0.05, 0.1) is 6.20 Å². The van der Waals surface area contributed by atoms with E-state index in [1.165, 1.54) is 11.1 Å². The van der Waals surface area contributed by atoms with Crippen LogP contribution in [0.5, 0.6) is 0 Å². The van der Waals surface area contributed by atoms with Crippen molar-refractivity contribution < 1.29 is 4.52 Å². The quantitative estimate of drug-likeness (QED) is 0.785. The van der Waals surface area contributed by atoms with Gasteiger partial charge in [-0.3, -0.25) is 0 Å². The van der Waals surface area contributed by atoms with Gasteiger partial charge in [0, 0.05) is 12.0 Å². The Bertz CT molecular complexity index is 417. The SMILES string of the molecule is Cc1ccc(Cc2cnoc2N)cc1. The van der Waals surface area contributed by atoms with E-state index in [2.05, 4.69) is 36.3 Å². The van der Waals surface area contributed by atoms with Crippen LogP contribution in [0.3, 0.4) is 0 Å². The van der Waals surface area contributed by atoms with Gasteiger partial charge in [-0.05, 0) is 12.5 Å². The lowest BCUT2D eigenvalue weighted by Gasteiger charge is -1.99. The first-order valence-corrected chi connectivity index (χ1v) is 4.50. The Kier molecular flexibility index (Phi) is 2.23. The van der Waals surface area contributed by atoms with Gasteiger partial charge in [-0.1, -0.05) is 35.0 Å². The van der Waals surface area contributed by atoms with Gasteiger partial charge in [0.2, 0.25) is 5.88 Å². The molecule has 14 heavy (non-hydrogen) atoms. The number of rotatable bonds is 2. The van der Waals surface area contributed by atoms with Gasteiger partial charge in [0.25, 0.3) is 0 Å². The summed E-state index contributed by atoms with van der Waals surface area (Å²) in [5, 5.41) is 3.64. The van der Waals surface area contributed by atoms with Crippen LogP contribution >= 0.6 is 0 Å². The molecule has 2 aromatic rings. The van der Waals surface area contributed by atoms with Gasteiger partial charge in [0.1, 0.15) is 0 Å². The molecule has 0 amide bonds. The topological polar surface area (TPSA) is 52.0 Å². The summed E-state index contributed by atoms with van der Waals surface area (Å²) in [7, 11) is 0. The molecule has 1 aromatic heterocycles. The zero-order chi connectivity index (χ0) is 9.97. The lowest BCUT2D eigenvalue weighted by atomic mass is 10.1. The molecule has 0 fully saturated rings. The van der Waals surface area contributed by atoms with Crippen molar-refractivity contribution in [1.82, 2.24) is 5.16 Å². The second-order valence-electron chi connectivity index (χ2n) is 3.38. The van der Waals surface area contributed by atoms with Gasteiger partial charge >= 0.3 is 0 Å². The van der Waals surface area contributed by atoms with E-state index in [4.69, 9.17) is 10.3 Å². The van der Waals surface area contributed by atoms with E-state index in [1.807, 2.05) is 0 Å². The Morgan fingerprint density at radius 2 is 2.00 bits per heavy atom. The molecule has 1 heterocycles. The summed E-state index contributed by atoms with van der Waals surface area (Å²) >= 11 is 0. The molecule has 0 unspecified atom stereocenters. The monoisotopic (exact) mass is 188 g/mol. The molecule has 72 valence electrons. The molecule has 3 heteroatoms. The molecule has 2 N–H and O–H groups in total. The standard InChI is InChI=1S/C11H12N2O/c1-8-2-4-9(5-3-8)6-10-7-13-14-11(10)12/h2-5,7H,6,12H2,1H3. The first kappa shape index (κ1) is 8.81. The fourth-order valence-electron chi connectivity index (χ4n) is 1.33. The third-order valence-electron chi connectivity index (χ3n) is 2.19. The van der Waals surface area contributed by atoms with Gasteiger partial charge in [0.15, 0.2) is 0 Å². The number of nitrogens with zero attached hydrogens (tertiary/aromatic N) is 1. The normalized spacial score (nSPS) is 10.4. The average Bonchev–Trinajstić information content (AvgIpc) is 2.56. The second-order valence-corrected chi connectivity index (χ2v) is 3.38. The van der Waals surface area contributed by atoms with Crippen molar-refractivity contribution >= 4 is 5.88 Å². The van der Waals surface area contributed by atoms with Crippen LogP contribution < -0.4 is 5.73 Å². The Morgan fingerprint density at radius 1 is 1.29 bits per heavy atom. The first-order valence-electron chi connectivity index (χ1n) is 4.50. The third-order valence-corrected chi connectivity index (χ3v) is 2.19. The van der Waals surface area contributed by atoms with Gasteiger partial charge in [-0.2, -0.15) is 0 Å². The van der Waals surface area contributed by atoms with Crippen LogP contribution in [0.1, 0.15) is 16.7 Å². The first-order chi connectivity index (χ1) is 6.75. The Balaban J connectivity index is 2.19. The lowest BCUT2D eigenvalue weighted by Crippen LogP contribution is -1.91. The summed E-state index contributed by atoms with van der Waals surface area (Å²) in [6.45, 7) is 2.07. The van der Waals surface area contributed by atoms with Crippen molar-refractivity contribution in [2.24, 2.45) is 0 Å². The molecule has 0 saturated heterocycles. The highest BCUT2D eigenvalue weighted by Gasteiger charge is 2.04. The molecule has 0 aliphatic heterocycles. The second kappa shape index (κ2) is 3.54. The molecule has 1 aromatic carbocycles. The summed E-state index contributed by atoms with van der Waals surface area (Å²) < 4.78 is 4.79. The summed E-state index contributed by atoms with van der Waals surface area (Å²) in [5.41, 5.74) is 9.00. The van der Waals surface area contributed by atoms with Gasteiger partial charge in [-0.15, -0.1) is 0 Å². The molecule has 0 spiro atoms. The minimum atomic E-state index is 0.408. The number of hydrogen-bond acceptors (Lipinski definition) is 3. The van der Waals surface area contributed by atoms with E-state index in [0.717, 1.165) is 12.0 Å². The maximum atomic E-state index is 5.59. The highest BCUT2D eigenvalue weighted by Crippen LogP contribution is 2.15. The molecule has 3 nitrogen and oxygen atoms in total. The summed E-state index contributed by atoms with van der Waals surface area (Å²) in [5.74, 6) is 0.408. The fourth-order valence-corrected chi connectivity index (χ4v) is 1.33. The zero-order valence-corrected chi connectivity index (χ0v) is 8.03. The highest BCUT2D eigenvalue weighted by atomic mass is 16.5. The Labute approximate surface area is 82.5 Å². The molecule has 0 atom stereocenters. The third kappa shape index (κ3) is 1.76. The van der Waals surface area contributed by atoms with Crippen LogP contribution in [0, 0.1) is 6.92 Å². The van der Waals surface area contributed by atoms with E-state index in [9.17, 15) is 0 Å². The summed E-state index contributed by atoms with van der Waals surface area (Å²) in [4.78, 5) is 0. The van der Waals surface area contributed by atoms with E-state index in [1.54, 1.807) is 6.20 Å². The largest absolute Gasteiger partial charge is 0.367 e. The molecule has 0 saturated carbocycles. The van der Waals surface area contributed by atoms with Crippen molar-refractivity contribution in [1.29, 1.82) is 0 Å². The number of aromatic nitrogens is 1. The molecule has 0 aliphatic rings. The van der Waals surface area contributed by atoms with Crippen LogP contribution in [0.25, 0.3) is 0 Å². The van der Waals surface area contributed by atoms with Crippen LogP contribution in [-0.2, 0) is 6.42 Å². The van der Waals surface area contributed by atoms with Crippen LogP contribution in [-0.4, -0.2) is 5.16 Å². The van der Waals surface area contributed by atoms with Crippen LogP contribution in [0.15, 0.2) is 35.0 Å². The summed E-state index contributed by atoms with van der Waals surface area (Å²) in [6, 6.07) is 8.33. The predicted octanol–water partition coefficient (Wildman–Crippen LogP) is 2.16. The van der Waals surface area contributed by atoms with Crippen molar-refractivity contribution in [2.45, 2.75) is 13.3 Å². The number of benzene rings is 1. The van der Waals surface area contributed by atoms with Crippen molar-refractivity contribution in [3.05, 3.63) is 47.2 Å². The van der Waals surface area contributed by atoms with Crippen molar-refractivity contribution in [3.63, 3.8) is 0 Å². The molecule has 0 radical (unpaired) electrons. The lowest BCUT2D eigenvalue weighted by molar-refractivity contribution is 0.436. The Morgan fingerprint density at radius 3 is 2.57 bits per heavy atom. The van der Waals surface area contributed by atoms with E-state index >= 15 is 0 Å². The van der Waals surface area contributed by atoms with Crippen LogP contribution in [0.4, 0.5) is 5.88 Å². The van der Waals surface area contributed by atoms with E-state index in [-0.39, 0.29) is 0 Å². The predicted molar refractivity (Wildman–Crippen MR) is 54.9 cm³/mol. The van der Waals surface area contributed by atoms with Gasteiger partial charge < -0.3 is 10.3 Å². The van der Waals surface area contributed by atoms with Crippen LogP contribution in [0.2, 0.25) is 0 Å². The number of anilines is 1. The highest BCUT2D eigenvalue weighted by molar-refractivity contribution is 5.38. The minimum Gasteiger partial charge on any atom is -0.367 e. The number of nitrogen functional groups attached to an aromatic ring is 1. The zero-order valence-electron chi connectivity index (χ0n) is 8.03. The summed E-state index contributed by atoms with van der Waals surface area (Å²) in [6.07, 6.45) is 2.44. The van der Waals surface area contributed by atoms with E-state index in [0.29, 0.717) is 5.88 Å². The molecule has 0 aliphatic carbocycles. The maximum Gasteiger partial charge on any atom is 0.225 e. The van der Waals surface area contributed by atoms with Crippen molar-refractivity contribution in [3.8, 4) is 0 Å². The minimum absolute atomic E-state index is 0.408. The molecule has 2 rings (SSSR count). The molecule has 0 bridgehead atoms. The average molecular weight is 188 g/mol. The number of aryl methyl sites for hydroxylation is 1. The molecular formula is C11H12N2O. The molecular weight excluding hydrogens is 176 g/mol. The maximum absolute atomic E-state index is 5.59. The van der Waals surface area contributed by atoms with E-state index < -0.39 is 0 Å². The fraction of sp³-hybridized carbons (Fsp3) is 0.182.